The Morgan fingerprint density at radius 3 is 2.75 bits per heavy atom. The molecule has 0 radical (unpaired) electrons. The molecule has 2 aliphatic rings. The van der Waals surface area contributed by atoms with Gasteiger partial charge in [-0.05, 0) is 0 Å². The molecule has 2 rings (SSSR count). The van der Waals surface area contributed by atoms with Crippen LogP contribution in [0.2, 0.25) is 0 Å². The van der Waals surface area contributed by atoms with Crippen LogP contribution in [0, 0.1) is 0 Å². The second-order valence-corrected chi connectivity index (χ2v) is 4.81. The minimum atomic E-state index is -1.53. The first-order chi connectivity index (χ1) is 9.58. The van der Waals surface area contributed by atoms with Crippen molar-refractivity contribution in [1.29, 1.82) is 0 Å². The SMILES string of the molecule is NCC1=CN(C2C(OCCCl)OC(O)C(O)[C@@H]2O)NN1. The topological polar surface area (TPSA) is 132 Å². The van der Waals surface area contributed by atoms with E-state index in [9.17, 15) is 15.3 Å². The van der Waals surface area contributed by atoms with Gasteiger partial charge in [0, 0.05) is 18.6 Å². The van der Waals surface area contributed by atoms with Gasteiger partial charge < -0.3 is 36.0 Å². The fourth-order valence-electron chi connectivity index (χ4n) is 2.06. The maximum atomic E-state index is 10.1. The van der Waals surface area contributed by atoms with Gasteiger partial charge in [-0.2, -0.15) is 0 Å². The predicted octanol–water partition coefficient (Wildman–Crippen LogP) is -2.87. The van der Waals surface area contributed by atoms with E-state index in [1.54, 1.807) is 6.20 Å². The third-order valence-electron chi connectivity index (χ3n) is 3.09. The maximum absolute atomic E-state index is 10.1. The number of aliphatic hydroxyl groups excluding tert-OH is 3. The minimum Gasteiger partial charge on any atom is -0.388 e. The number of hydrazine groups is 2. The average Bonchev–Trinajstić information content (AvgIpc) is 2.91. The van der Waals surface area contributed by atoms with E-state index in [4.69, 9.17) is 26.8 Å². The van der Waals surface area contributed by atoms with Gasteiger partial charge >= 0.3 is 0 Å². The van der Waals surface area contributed by atoms with Crippen molar-refractivity contribution in [3.8, 4) is 0 Å². The predicted molar refractivity (Wildman–Crippen MR) is 68.6 cm³/mol. The summed E-state index contributed by atoms with van der Waals surface area (Å²) in [6.45, 7) is 0.443. The molecule has 0 spiro atoms. The van der Waals surface area contributed by atoms with Gasteiger partial charge in [0.05, 0.1) is 12.3 Å². The Balaban J connectivity index is 2.13. The number of alkyl halides is 1. The zero-order valence-electron chi connectivity index (χ0n) is 10.6. The van der Waals surface area contributed by atoms with E-state index in [-0.39, 0.29) is 19.0 Å². The molecule has 0 aliphatic carbocycles. The van der Waals surface area contributed by atoms with E-state index in [0.717, 1.165) is 0 Å². The van der Waals surface area contributed by atoms with Crippen LogP contribution < -0.4 is 16.7 Å². The lowest BCUT2D eigenvalue weighted by Gasteiger charge is -2.43. The second-order valence-electron chi connectivity index (χ2n) is 4.43. The Morgan fingerprint density at radius 1 is 1.40 bits per heavy atom. The first-order valence-electron chi connectivity index (χ1n) is 6.16. The summed E-state index contributed by atoms with van der Waals surface area (Å²) in [6.07, 6.45) is -3.62. The summed E-state index contributed by atoms with van der Waals surface area (Å²) in [4.78, 5) is 0. The van der Waals surface area contributed by atoms with Crippen LogP contribution in [0.1, 0.15) is 0 Å². The van der Waals surface area contributed by atoms with Gasteiger partial charge in [-0.1, -0.05) is 0 Å². The van der Waals surface area contributed by atoms with Crippen LogP contribution in [0.3, 0.4) is 0 Å². The highest BCUT2D eigenvalue weighted by Gasteiger charge is 2.47. The van der Waals surface area contributed by atoms with Gasteiger partial charge in [-0.3, -0.25) is 5.01 Å². The number of nitrogens with one attached hydrogen (secondary N) is 2. The Bertz CT molecular complexity index is 361. The van der Waals surface area contributed by atoms with Crippen LogP contribution in [0.5, 0.6) is 0 Å². The van der Waals surface area contributed by atoms with E-state index < -0.39 is 30.8 Å². The molecule has 10 heteroatoms. The van der Waals surface area contributed by atoms with Crippen LogP contribution in [-0.2, 0) is 9.47 Å². The normalized spacial score (nSPS) is 37.8. The van der Waals surface area contributed by atoms with Crippen LogP contribution in [0.15, 0.2) is 11.9 Å². The fraction of sp³-hybridized carbons (Fsp3) is 0.800. The van der Waals surface area contributed by atoms with Crippen molar-refractivity contribution < 1.29 is 24.8 Å². The molecule has 116 valence electrons. The molecule has 5 atom stereocenters. The van der Waals surface area contributed by atoms with Crippen molar-refractivity contribution in [1.82, 2.24) is 16.0 Å². The van der Waals surface area contributed by atoms with Crippen molar-refractivity contribution in [2.75, 3.05) is 19.0 Å². The molecule has 0 amide bonds. The van der Waals surface area contributed by atoms with Crippen molar-refractivity contribution in [2.24, 2.45) is 5.73 Å². The van der Waals surface area contributed by atoms with E-state index in [2.05, 4.69) is 11.0 Å². The summed E-state index contributed by atoms with van der Waals surface area (Å²) >= 11 is 5.55. The number of aliphatic hydroxyl groups is 3. The van der Waals surface area contributed by atoms with Crippen molar-refractivity contribution in [3.63, 3.8) is 0 Å². The smallest absolute Gasteiger partial charge is 0.186 e. The molecule has 0 aromatic heterocycles. The number of nitrogens with two attached hydrogens (primary N) is 1. The molecule has 0 bridgehead atoms. The molecular formula is C10H19ClN4O5. The lowest BCUT2D eigenvalue weighted by atomic mass is 10.0. The van der Waals surface area contributed by atoms with Gasteiger partial charge in [-0.15, -0.1) is 17.1 Å². The zero-order chi connectivity index (χ0) is 14.7. The molecule has 4 unspecified atom stereocenters. The molecule has 9 nitrogen and oxygen atoms in total. The Morgan fingerprint density at radius 2 is 2.15 bits per heavy atom. The molecule has 7 N–H and O–H groups in total. The third-order valence-corrected chi connectivity index (χ3v) is 3.24. The molecule has 2 aliphatic heterocycles. The maximum Gasteiger partial charge on any atom is 0.186 e. The highest BCUT2D eigenvalue weighted by Crippen LogP contribution is 2.25. The van der Waals surface area contributed by atoms with E-state index in [1.165, 1.54) is 5.01 Å². The van der Waals surface area contributed by atoms with Crippen molar-refractivity contribution >= 4 is 11.6 Å². The zero-order valence-corrected chi connectivity index (χ0v) is 11.4. The van der Waals surface area contributed by atoms with E-state index >= 15 is 0 Å². The summed E-state index contributed by atoms with van der Waals surface area (Å²) in [5.74, 6) is 0.233. The van der Waals surface area contributed by atoms with Gasteiger partial charge in [-0.25, -0.2) is 0 Å². The minimum absolute atomic E-state index is 0.174. The summed E-state index contributed by atoms with van der Waals surface area (Å²) < 4.78 is 10.5. The Kier molecular flexibility index (Phi) is 5.41. The fourth-order valence-corrected chi connectivity index (χ4v) is 2.15. The number of hydrogen-bond donors (Lipinski definition) is 6. The number of halogens is 1. The molecule has 0 saturated carbocycles. The molecule has 0 aromatic carbocycles. The summed E-state index contributed by atoms with van der Waals surface area (Å²) in [7, 11) is 0. The number of hydrogen-bond acceptors (Lipinski definition) is 9. The van der Waals surface area contributed by atoms with Gasteiger partial charge in [0.25, 0.3) is 0 Å². The summed E-state index contributed by atoms with van der Waals surface area (Å²) in [5, 5.41) is 30.9. The first kappa shape index (κ1) is 15.7. The molecule has 1 fully saturated rings. The Hall–Kier alpha value is -0.650. The monoisotopic (exact) mass is 310 g/mol. The van der Waals surface area contributed by atoms with Gasteiger partial charge in [0.2, 0.25) is 0 Å². The molecule has 2 heterocycles. The number of ether oxygens (including phenoxy) is 2. The molecule has 1 saturated heterocycles. The highest BCUT2D eigenvalue weighted by atomic mass is 35.5. The second kappa shape index (κ2) is 6.87. The summed E-state index contributed by atoms with van der Waals surface area (Å²) in [6, 6.07) is -0.784. The molecule has 0 aromatic rings. The van der Waals surface area contributed by atoms with E-state index in [1.807, 2.05) is 0 Å². The molecule has 20 heavy (non-hydrogen) atoms. The van der Waals surface area contributed by atoms with Gasteiger partial charge in [0.1, 0.15) is 18.2 Å². The number of rotatable bonds is 5. The highest BCUT2D eigenvalue weighted by molar-refractivity contribution is 6.17. The lowest BCUT2D eigenvalue weighted by Crippen LogP contribution is -2.65. The third kappa shape index (κ3) is 3.15. The quantitative estimate of drug-likeness (QED) is 0.296. The van der Waals surface area contributed by atoms with Crippen molar-refractivity contribution in [2.45, 2.75) is 30.8 Å². The average molecular weight is 311 g/mol. The largest absolute Gasteiger partial charge is 0.388 e. The van der Waals surface area contributed by atoms with Crippen LogP contribution in [0.4, 0.5) is 0 Å². The lowest BCUT2D eigenvalue weighted by molar-refractivity contribution is -0.327. The van der Waals surface area contributed by atoms with Gasteiger partial charge in [0.15, 0.2) is 12.6 Å². The molecular weight excluding hydrogens is 292 g/mol. The summed E-state index contributed by atoms with van der Waals surface area (Å²) in [5.41, 5.74) is 11.7. The number of nitrogens with zero attached hydrogens (tertiary/aromatic N) is 1. The Labute approximate surface area is 120 Å². The van der Waals surface area contributed by atoms with Crippen LogP contribution in [-0.4, -0.2) is 70.2 Å². The standard InChI is InChI=1S/C10H19ClN4O5/c11-1-2-19-10-6(7(16)8(17)9(18)20-10)15-4-5(3-12)13-14-15/h4,6-10,13-14,16-18H,1-3,12H2/t6?,7-,8?,9?,10?/m1/s1. The van der Waals surface area contributed by atoms with Crippen LogP contribution >= 0.6 is 11.6 Å². The van der Waals surface area contributed by atoms with E-state index in [0.29, 0.717) is 5.70 Å². The van der Waals surface area contributed by atoms with Crippen LogP contribution in [0.25, 0.3) is 0 Å². The first-order valence-corrected chi connectivity index (χ1v) is 6.70. The van der Waals surface area contributed by atoms with Crippen molar-refractivity contribution in [3.05, 3.63) is 11.9 Å².